The van der Waals surface area contributed by atoms with Crippen molar-refractivity contribution in [1.29, 1.82) is 0 Å². The van der Waals surface area contributed by atoms with Crippen molar-refractivity contribution in [2.75, 3.05) is 4.90 Å². The second-order valence-electron chi connectivity index (χ2n) is 3.98. The van der Waals surface area contributed by atoms with E-state index in [0.717, 1.165) is 31.4 Å². The number of halogens is 1. The van der Waals surface area contributed by atoms with Gasteiger partial charge in [0.15, 0.2) is 0 Å². The summed E-state index contributed by atoms with van der Waals surface area (Å²) in [6.07, 6.45) is 5.88. The molecule has 0 bridgehead atoms. The smallest absolute Gasteiger partial charge is 0.319 e. The van der Waals surface area contributed by atoms with Gasteiger partial charge in [-0.2, -0.15) is 0 Å². The number of hydrogen-bond donors (Lipinski definition) is 1. The summed E-state index contributed by atoms with van der Waals surface area (Å²) in [6.45, 7) is 0. The Morgan fingerprint density at radius 1 is 1.50 bits per heavy atom. The van der Waals surface area contributed by atoms with E-state index in [9.17, 15) is 4.79 Å². The summed E-state index contributed by atoms with van der Waals surface area (Å²) in [5.74, 6) is 0. The molecule has 4 nitrogen and oxygen atoms in total. The molecule has 5 heteroatoms. The highest BCUT2D eigenvalue weighted by Gasteiger charge is 2.26. The van der Waals surface area contributed by atoms with Crippen LogP contribution in [0.3, 0.4) is 0 Å². The summed E-state index contributed by atoms with van der Waals surface area (Å²) in [5.41, 5.74) is 6.16. The Labute approximate surface area is 99.4 Å². The number of rotatable bonds is 2. The minimum absolute atomic E-state index is 0.205. The lowest BCUT2D eigenvalue weighted by atomic mass is 10.2. The maximum atomic E-state index is 11.5. The highest BCUT2D eigenvalue weighted by molar-refractivity contribution is 6.29. The van der Waals surface area contributed by atoms with Crippen LogP contribution < -0.4 is 10.6 Å². The molecule has 0 atom stereocenters. The molecule has 2 N–H and O–H groups in total. The van der Waals surface area contributed by atoms with Crippen molar-refractivity contribution in [2.24, 2.45) is 5.73 Å². The van der Waals surface area contributed by atoms with Gasteiger partial charge in [-0.3, -0.25) is 4.90 Å². The van der Waals surface area contributed by atoms with E-state index in [-0.39, 0.29) is 6.04 Å². The van der Waals surface area contributed by atoms with Crippen LogP contribution in [0.15, 0.2) is 18.3 Å². The molecule has 0 spiro atoms. The van der Waals surface area contributed by atoms with E-state index < -0.39 is 6.03 Å². The van der Waals surface area contributed by atoms with E-state index in [4.69, 9.17) is 17.3 Å². The van der Waals surface area contributed by atoms with Gasteiger partial charge in [-0.15, -0.1) is 0 Å². The number of amides is 2. The Kier molecular flexibility index (Phi) is 3.29. The molecule has 0 aromatic carbocycles. The predicted molar refractivity (Wildman–Crippen MR) is 63.6 cm³/mol. The van der Waals surface area contributed by atoms with E-state index in [1.54, 1.807) is 23.2 Å². The monoisotopic (exact) mass is 239 g/mol. The lowest BCUT2D eigenvalue weighted by Gasteiger charge is -2.27. The first-order valence-corrected chi connectivity index (χ1v) is 5.76. The third-order valence-electron chi connectivity index (χ3n) is 2.92. The molecule has 1 aromatic heterocycles. The average Bonchev–Trinajstić information content (AvgIpc) is 2.71. The molecule has 1 heterocycles. The van der Waals surface area contributed by atoms with Gasteiger partial charge >= 0.3 is 6.03 Å². The number of primary amides is 1. The van der Waals surface area contributed by atoms with Crippen LogP contribution in [-0.4, -0.2) is 17.1 Å². The third kappa shape index (κ3) is 2.27. The number of carbonyl (C=O) groups excluding carboxylic acids is 1. The van der Waals surface area contributed by atoms with Gasteiger partial charge in [-0.05, 0) is 25.0 Å². The quantitative estimate of drug-likeness (QED) is 0.807. The molecule has 0 radical (unpaired) electrons. The maximum Gasteiger partial charge on any atom is 0.319 e. The Balaban J connectivity index is 2.28. The van der Waals surface area contributed by atoms with Crippen LogP contribution in [-0.2, 0) is 0 Å². The van der Waals surface area contributed by atoms with E-state index in [2.05, 4.69) is 4.98 Å². The second-order valence-corrected chi connectivity index (χ2v) is 4.37. The summed E-state index contributed by atoms with van der Waals surface area (Å²) >= 11 is 5.81. The highest BCUT2D eigenvalue weighted by Crippen LogP contribution is 2.28. The Bertz CT molecular complexity index is 391. The van der Waals surface area contributed by atoms with Crippen molar-refractivity contribution in [1.82, 2.24) is 4.98 Å². The molecule has 1 aliphatic carbocycles. The predicted octanol–water partition coefficient (Wildman–Crippen LogP) is 2.56. The molecule has 2 rings (SSSR count). The van der Waals surface area contributed by atoms with Gasteiger partial charge in [0, 0.05) is 12.2 Å². The standard InChI is InChI=1S/C11H14ClN3O/c12-10-7-9(5-6-14-10)15(11(13)16)8-3-1-2-4-8/h5-8H,1-4H2,(H2,13,16). The number of nitrogens with two attached hydrogens (primary N) is 1. The highest BCUT2D eigenvalue weighted by atomic mass is 35.5. The van der Waals surface area contributed by atoms with Gasteiger partial charge in [0.05, 0.1) is 5.69 Å². The molecular formula is C11H14ClN3O. The molecule has 1 saturated carbocycles. The number of nitrogens with zero attached hydrogens (tertiary/aromatic N) is 2. The fourth-order valence-electron chi connectivity index (χ4n) is 2.22. The van der Waals surface area contributed by atoms with Crippen LogP contribution in [0.5, 0.6) is 0 Å². The normalized spacial score (nSPS) is 16.3. The van der Waals surface area contributed by atoms with Crippen LogP contribution in [0.25, 0.3) is 0 Å². The first-order chi connectivity index (χ1) is 7.68. The number of aromatic nitrogens is 1. The van der Waals surface area contributed by atoms with Crippen LogP contribution >= 0.6 is 11.6 Å². The summed E-state index contributed by atoms with van der Waals surface area (Å²) in [7, 11) is 0. The fraction of sp³-hybridized carbons (Fsp3) is 0.455. The lowest BCUT2D eigenvalue weighted by molar-refractivity contribution is 0.251. The van der Waals surface area contributed by atoms with Gasteiger partial charge in [-0.1, -0.05) is 24.4 Å². The minimum atomic E-state index is -0.422. The van der Waals surface area contributed by atoms with Crippen molar-refractivity contribution in [3.63, 3.8) is 0 Å². The van der Waals surface area contributed by atoms with Gasteiger partial charge in [0.2, 0.25) is 0 Å². The van der Waals surface area contributed by atoms with Crippen molar-refractivity contribution >= 4 is 23.3 Å². The number of anilines is 1. The number of carbonyl (C=O) groups is 1. The summed E-state index contributed by atoms with van der Waals surface area (Å²) < 4.78 is 0. The van der Waals surface area contributed by atoms with E-state index >= 15 is 0 Å². The number of urea groups is 1. The summed E-state index contributed by atoms with van der Waals surface area (Å²) in [5, 5.41) is 0.377. The van der Waals surface area contributed by atoms with Gasteiger partial charge in [0.25, 0.3) is 0 Å². The van der Waals surface area contributed by atoms with E-state index in [1.165, 1.54) is 0 Å². The first kappa shape index (κ1) is 11.2. The van der Waals surface area contributed by atoms with Crippen molar-refractivity contribution in [2.45, 2.75) is 31.7 Å². The zero-order valence-electron chi connectivity index (χ0n) is 8.90. The molecule has 16 heavy (non-hydrogen) atoms. The van der Waals surface area contributed by atoms with Crippen molar-refractivity contribution in [3.8, 4) is 0 Å². The topological polar surface area (TPSA) is 59.2 Å². The van der Waals surface area contributed by atoms with Gasteiger partial charge < -0.3 is 5.73 Å². The van der Waals surface area contributed by atoms with Crippen molar-refractivity contribution < 1.29 is 4.79 Å². The van der Waals surface area contributed by atoms with E-state index in [0.29, 0.717) is 5.15 Å². The molecule has 1 fully saturated rings. The van der Waals surface area contributed by atoms with Crippen LogP contribution in [0, 0.1) is 0 Å². The molecule has 1 aromatic rings. The lowest BCUT2D eigenvalue weighted by Crippen LogP contribution is -2.42. The molecule has 2 amide bonds. The van der Waals surface area contributed by atoms with Crippen molar-refractivity contribution in [3.05, 3.63) is 23.5 Å². The Morgan fingerprint density at radius 3 is 2.75 bits per heavy atom. The summed E-state index contributed by atoms with van der Waals surface area (Å²) in [4.78, 5) is 17.0. The van der Waals surface area contributed by atoms with Gasteiger partial charge in [0.1, 0.15) is 5.15 Å². The average molecular weight is 240 g/mol. The zero-order valence-corrected chi connectivity index (χ0v) is 9.65. The third-order valence-corrected chi connectivity index (χ3v) is 3.12. The summed E-state index contributed by atoms with van der Waals surface area (Å²) in [6, 6.07) is 3.21. The molecular weight excluding hydrogens is 226 g/mol. The maximum absolute atomic E-state index is 11.5. The zero-order chi connectivity index (χ0) is 11.5. The van der Waals surface area contributed by atoms with Crippen LogP contribution in [0.4, 0.5) is 10.5 Å². The SMILES string of the molecule is NC(=O)N(c1ccnc(Cl)c1)C1CCCC1. The van der Waals surface area contributed by atoms with Crippen LogP contribution in [0.2, 0.25) is 5.15 Å². The number of pyridine rings is 1. The molecule has 0 unspecified atom stereocenters. The van der Waals surface area contributed by atoms with Crippen LogP contribution in [0.1, 0.15) is 25.7 Å². The molecule has 1 aliphatic rings. The Morgan fingerprint density at radius 2 is 2.19 bits per heavy atom. The largest absolute Gasteiger partial charge is 0.351 e. The second kappa shape index (κ2) is 4.70. The van der Waals surface area contributed by atoms with Gasteiger partial charge in [-0.25, -0.2) is 9.78 Å². The molecule has 0 aliphatic heterocycles. The first-order valence-electron chi connectivity index (χ1n) is 5.38. The minimum Gasteiger partial charge on any atom is -0.351 e. The molecule has 0 saturated heterocycles. The van der Waals surface area contributed by atoms with E-state index in [1.807, 2.05) is 0 Å². The number of hydrogen-bond acceptors (Lipinski definition) is 2. The fourth-order valence-corrected chi connectivity index (χ4v) is 2.39. The Hall–Kier alpha value is -1.29. The molecule has 86 valence electrons.